The summed E-state index contributed by atoms with van der Waals surface area (Å²) in [7, 11) is -3.19. The van der Waals surface area contributed by atoms with Crippen molar-refractivity contribution in [2.75, 3.05) is 12.0 Å². The summed E-state index contributed by atoms with van der Waals surface area (Å²) >= 11 is 0. The van der Waals surface area contributed by atoms with Crippen LogP contribution in [-0.2, 0) is 9.84 Å². The lowest BCUT2D eigenvalue weighted by Gasteiger charge is -2.06. The Labute approximate surface area is 101 Å². The van der Waals surface area contributed by atoms with E-state index in [0.717, 1.165) is 11.1 Å². The number of nitrogens with two attached hydrogens (primary N) is 1. The SMILES string of the molecule is CS(=O)(=O)c1cccc(-c2ccccc2N)c1. The van der Waals surface area contributed by atoms with Crippen molar-refractivity contribution in [3.05, 3.63) is 48.5 Å². The van der Waals surface area contributed by atoms with E-state index >= 15 is 0 Å². The number of anilines is 1. The molecular weight excluding hydrogens is 234 g/mol. The number of sulfone groups is 1. The van der Waals surface area contributed by atoms with Crippen molar-refractivity contribution in [1.29, 1.82) is 0 Å². The van der Waals surface area contributed by atoms with Crippen molar-refractivity contribution in [3.63, 3.8) is 0 Å². The molecule has 88 valence electrons. The molecule has 0 radical (unpaired) electrons. The molecule has 0 amide bonds. The minimum Gasteiger partial charge on any atom is -0.398 e. The van der Waals surface area contributed by atoms with Crippen LogP contribution in [0.15, 0.2) is 53.4 Å². The Kier molecular flexibility index (Phi) is 2.90. The highest BCUT2D eigenvalue weighted by Gasteiger charge is 2.09. The molecule has 0 saturated heterocycles. The molecule has 2 aromatic rings. The van der Waals surface area contributed by atoms with Gasteiger partial charge in [0.2, 0.25) is 0 Å². The number of rotatable bonds is 2. The fourth-order valence-electron chi connectivity index (χ4n) is 1.65. The molecule has 0 unspecified atom stereocenters. The van der Waals surface area contributed by atoms with E-state index in [1.807, 2.05) is 24.3 Å². The maximum atomic E-state index is 11.5. The van der Waals surface area contributed by atoms with E-state index in [2.05, 4.69) is 0 Å². The fourth-order valence-corrected chi connectivity index (χ4v) is 2.32. The third-order valence-electron chi connectivity index (χ3n) is 2.53. The third kappa shape index (κ3) is 2.47. The van der Waals surface area contributed by atoms with E-state index in [4.69, 9.17) is 5.73 Å². The highest BCUT2D eigenvalue weighted by Crippen LogP contribution is 2.27. The molecule has 2 N–H and O–H groups in total. The molecule has 2 rings (SSSR count). The van der Waals surface area contributed by atoms with Gasteiger partial charge < -0.3 is 5.73 Å². The van der Waals surface area contributed by atoms with Gasteiger partial charge in [0, 0.05) is 17.5 Å². The average Bonchev–Trinajstić information content (AvgIpc) is 2.29. The van der Waals surface area contributed by atoms with Crippen molar-refractivity contribution in [2.24, 2.45) is 0 Å². The largest absolute Gasteiger partial charge is 0.398 e. The Morgan fingerprint density at radius 2 is 1.71 bits per heavy atom. The molecule has 4 heteroatoms. The minimum atomic E-state index is -3.19. The summed E-state index contributed by atoms with van der Waals surface area (Å²) in [4.78, 5) is 0.304. The van der Waals surface area contributed by atoms with E-state index in [9.17, 15) is 8.42 Å². The number of benzene rings is 2. The Balaban J connectivity index is 2.59. The number of hydrogen-bond acceptors (Lipinski definition) is 3. The van der Waals surface area contributed by atoms with E-state index in [1.165, 1.54) is 6.26 Å². The molecule has 0 aromatic heterocycles. The Hall–Kier alpha value is -1.81. The lowest BCUT2D eigenvalue weighted by molar-refractivity contribution is 0.602. The minimum absolute atomic E-state index is 0.304. The maximum Gasteiger partial charge on any atom is 0.175 e. The summed E-state index contributed by atoms with van der Waals surface area (Å²) in [5.41, 5.74) is 8.16. The Bertz CT molecular complexity index is 648. The monoisotopic (exact) mass is 247 g/mol. The molecule has 0 aliphatic rings. The zero-order chi connectivity index (χ0) is 12.5. The van der Waals surface area contributed by atoms with Crippen molar-refractivity contribution in [3.8, 4) is 11.1 Å². The smallest absolute Gasteiger partial charge is 0.175 e. The molecular formula is C13H13NO2S. The molecule has 0 spiro atoms. The lowest BCUT2D eigenvalue weighted by atomic mass is 10.0. The van der Waals surface area contributed by atoms with Gasteiger partial charge in [0.05, 0.1) is 4.90 Å². The molecule has 0 bridgehead atoms. The second-order valence-corrected chi connectivity index (χ2v) is 5.90. The first-order chi connectivity index (χ1) is 7.98. The van der Waals surface area contributed by atoms with Crippen LogP contribution in [-0.4, -0.2) is 14.7 Å². The van der Waals surface area contributed by atoms with Crippen LogP contribution in [0.1, 0.15) is 0 Å². The number of hydrogen-bond donors (Lipinski definition) is 1. The summed E-state index contributed by atoms with van der Waals surface area (Å²) in [5.74, 6) is 0. The van der Waals surface area contributed by atoms with Gasteiger partial charge in [-0.1, -0.05) is 30.3 Å². The predicted octanol–water partition coefficient (Wildman–Crippen LogP) is 2.34. The van der Waals surface area contributed by atoms with Crippen LogP contribution in [0.4, 0.5) is 5.69 Å². The van der Waals surface area contributed by atoms with Gasteiger partial charge in [0.25, 0.3) is 0 Å². The van der Waals surface area contributed by atoms with Crippen LogP contribution in [0.25, 0.3) is 11.1 Å². The molecule has 17 heavy (non-hydrogen) atoms. The molecule has 2 aromatic carbocycles. The Morgan fingerprint density at radius 1 is 1.00 bits per heavy atom. The van der Waals surface area contributed by atoms with Crippen molar-refractivity contribution in [2.45, 2.75) is 4.90 Å². The van der Waals surface area contributed by atoms with Gasteiger partial charge >= 0.3 is 0 Å². The van der Waals surface area contributed by atoms with Gasteiger partial charge in [-0.3, -0.25) is 0 Å². The second-order valence-electron chi connectivity index (χ2n) is 3.89. The van der Waals surface area contributed by atoms with Gasteiger partial charge in [-0.05, 0) is 23.8 Å². The first-order valence-corrected chi connectivity index (χ1v) is 7.02. The molecule has 0 aliphatic heterocycles. The van der Waals surface area contributed by atoms with E-state index < -0.39 is 9.84 Å². The summed E-state index contributed by atoms with van der Waals surface area (Å²) < 4.78 is 22.9. The van der Waals surface area contributed by atoms with Gasteiger partial charge in [-0.15, -0.1) is 0 Å². The van der Waals surface area contributed by atoms with E-state index in [1.54, 1.807) is 24.3 Å². The summed E-state index contributed by atoms with van der Waals surface area (Å²) in [6.45, 7) is 0. The first kappa shape index (κ1) is 11.7. The first-order valence-electron chi connectivity index (χ1n) is 5.13. The molecule has 0 fully saturated rings. The number of para-hydroxylation sites is 1. The molecule has 0 saturated carbocycles. The van der Waals surface area contributed by atoms with Crippen molar-refractivity contribution < 1.29 is 8.42 Å². The van der Waals surface area contributed by atoms with Gasteiger partial charge in [-0.2, -0.15) is 0 Å². The van der Waals surface area contributed by atoms with E-state index in [-0.39, 0.29) is 0 Å². The van der Waals surface area contributed by atoms with Crippen LogP contribution < -0.4 is 5.73 Å². The van der Waals surface area contributed by atoms with Crippen LogP contribution in [0.3, 0.4) is 0 Å². The second kappa shape index (κ2) is 4.22. The predicted molar refractivity (Wildman–Crippen MR) is 69.4 cm³/mol. The average molecular weight is 247 g/mol. The quantitative estimate of drug-likeness (QED) is 0.829. The highest BCUT2D eigenvalue weighted by molar-refractivity contribution is 7.90. The van der Waals surface area contributed by atoms with Gasteiger partial charge in [0.15, 0.2) is 9.84 Å². The number of nitrogen functional groups attached to an aromatic ring is 1. The highest BCUT2D eigenvalue weighted by atomic mass is 32.2. The molecule has 3 nitrogen and oxygen atoms in total. The molecule has 0 aliphatic carbocycles. The summed E-state index contributed by atoms with van der Waals surface area (Å²) in [6.07, 6.45) is 1.19. The Morgan fingerprint density at radius 3 is 2.35 bits per heavy atom. The van der Waals surface area contributed by atoms with Crippen LogP contribution >= 0.6 is 0 Å². The van der Waals surface area contributed by atoms with Gasteiger partial charge in [-0.25, -0.2) is 8.42 Å². The van der Waals surface area contributed by atoms with Crippen LogP contribution in [0.5, 0.6) is 0 Å². The van der Waals surface area contributed by atoms with Crippen molar-refractivity contribution >= 4 is 15.5 Å². The lowest BCUT2D eigenvalue weighted by Crippen LogP contribution is -1.97. The van der Waals surface area contributed by atoms with Crippen LogP contribution in [0.2, 0.25) is 0 Å². The molecule has 0 atom stereocenters. The normalized spacial score (nSPS) is 11.4. The fraction of sp³-hybridized carbons (Fsp3) is 0.0769. The van der Waals surface area contributed by atoms with Crippen LogP contribution in [0, 0.1) is 0 Å². The van der Waals surface area contributed by atoms with Gasteiger partial charge in [0.1, 0.15) is 0 Å². The summed E-state index contributed by atoms with van der Waals surface area (Å²) in [5, 5.41) is 0. The summed E-state index contributed by atoms with van der Waals surface area (Å²) in [6, 6.07) is 14.2. The molecule has 0 heterocycles. The zero-order valence-corrected chi connectivity index (χ0v) is 10.2. The maximum absolute atomic E-state index is 11.5. The third-order valence-corrected chi connectivity index (χ3v) is 3.64. The zero-order valence-electron chi connectivity index (χ0n) is 9.42. The van der Waals surface area contributed by atoms with Crippen molar-refractivity contribution in [1.82, 2.24) is 0 Å². The topological polar surface area (TPSA) is 60.2 Å². The standard InChI is InChI=1S/C13H13NO2S/c1-17(15,16)11-6-4-5-10(9-11)12-7-2-3-8-13(12)14/h2-9H,14H2,1H3. The van der Waals surface area contributed by atoms with E-state index in [0.29, 0.717) is 10.6 Å².